The fourth-order valence-electron chi connectivity index (χ4n) is 2.93. The van der Waals surface area contributed by atoms with E-state index in [4.69, 9.17) is 4.74 Å². The van der Waals surface area contributed by atoms with Gasteiger partial charge in [-0.3, -0.25) is 14.5 Å². The van der Waals surface area contributed by atoms with Crippen LogP contribution in [0.15, 0.2) is 36.9 Å². The van der Waals surface area contributed by atoms with Gasteiger partial charge in [0.25, 0.3) is 0 Å². The lowest BCUT2D eigenvalue weighted by atomic mass is 10.2. The summed E-state index contributed by atoms with van der Waals surface area (Å²) in [6.07, 6.45) is 4.66. The second-order valence-electron chi connectivity index (χ2n) is 6.55. The van der Waals surface area contributed by atoms with Crippen LogP contribution in [0.4, 0.5) is 8.78 Å². The topological polar surface area (TPSA) is 71.1 Å². The molecule has 0 saturated carbocycles. The van der Waals surface area contributed by atoms with E-state index in [-0.39, 0.29) is 23.3 Å². The van der Waals surface area contributed by atoms with Crippen LogP contribution in [0, 0.1) is 0 Å². The van der Waals surface area contributed by atoms with Crippen molar-refractivity contribution in [3.05, 3.63) is 42.5 Å². The molecule has 0 atom stereocenters. The van der Waals surface area contributed by atoms with E-state index in [1.807, 2.05) is 4.90 Å². The van der Waals surface area contributed by atoms with Crippen LogP contribution in [0.3, 0.4) is 0 Å². The summed E-state index contributed by atoms with van der Waals surface area (Å²) < 4.78 is 34.7. The second kappa shape index (κ2) is 11.9. The Morgan fingerprint density at radius 1 is 1.23 bits per heavy atom. The number of hydrogen-bond donors (Lipinski definition) is 1. The summed E-state index contributed by atoms with van der Waals surface area (Å²) in [5.41, 5.74) is 0.631. The molecule has 2 rings (SSSR count). The number of amides is 2. The number of benzene rings is 1. The Labute approximate surface area is 174 Å². The van der Waals surface area contributed by atoms with Gasteiger partial charge >= 0.3 is 6.61 Å². The molecule has 9 heteroatoms. The number of nitrogens with zero attached hydrogens (tertiary/aromatic N) is 2. The van der Waals surface area contributed by atoms with Gasteiger partial charge in [0.1, 0.15) is 0 Å². The van der Waals surface area contributed by atoms with Gasteiger partial charge < -0.3 is 19.7 Å². The summed E-state index contributed by atoms with van der Waals surface area (Å²) in [6, 6.07) is 4.51. The first-order valence-corrected chi connectivity index (χ1v) is 9.71. The Hall–Kier alpha value is -2.94. The Bertz CT molecular complexity index is 763. The fourth-order valence-corrected chi connectivity index (χ4v) is 2.93. The molecule has 7 nitrogen and oxygen atoms in total. The number of carbonyl (C=O) groups excluding carboxylic acids is 2. The van der Waals surface area contributed by atoms with Crippen molar-refractivity contribution in [1.82, 2.24) is 15.1 Å². The highest BCUT2D eigenvalue weighted by Gasteiger charge is 2.21. The number of carbonyl (C=O) groups is 2. The molecular formula is C21H27F2N3O4. The zero-order valence-corrected chi connectivity index (χ0v) is 17.0. The number of ether oxygens (including phenoxy) is 2. The lowest BCUT2D eigenvalue weighted by molar-refractivity contribution is -0.128. The number of hydrogen-bond acceptors (Lipinski definition) is 5. The normalized spacial score (nSPS) is 14.7. The Kier molecular flexibility index (Phi) is 9.27. The van der Waals surface area contributed by atoms with Crippen LogP contribution in [-0.4, -0.2) is 74.1 Å². The van der Waals surface area contributed by atoms with Crippen molar-refractivity contribution >= 4 is 17.9 Å². The van der Waals surface area contributed by atoms with E-state index in [2.05, 4.69) is 16.6 Å². The molecule has 1 N–H and O–H groups in total. The Balaban J connectivity index is 1.89. The maximum atomic E-state index is 12.5. The van der Waals surface area contributed by atoms with Crippen molar-refractivity contribution in [1.29, 1.82) is 0 Å². The molecule has 0 unspecified atom stereocenters. The number of piperazine rings is 1. The predicted molar refractivity (Wildman–Crippen MR) is 110 cm³/mol. The van der Waals surface area contributed by atoms with Crippen molar-refractivity contribution in [2.45, 2.75) is 13.5 Å². The fraction of sp³-hybridized carbons (Fsp3) is 0.429. The first-order chi connectivity index (χ1) is 14.4. The highest BCUT2D eigenvalue weighted by Crippen LogP contribution is 2.30. The molecule has 0 aromatic heterocycles. The molecule has 1 aliphatic rings. The van der Waals surface area contributed by atoms with Crippen LogP contribution in [0.2, 0.25) is 0 Å². The summed E-state index contributed by atoms with van der Waals surface area (Å²) in [5, 5.41) is 2.73. The van der Waals surface area contributed by atoms with Crippen molar-refractivity contribution in [3.8, 4) is 11.5 Å². The van der Waals surface area contributed by atoms with Gasteiger partial charge in [-0.1, -0.05) is 12.1 Å². The van der Waals surface area contributed by atoms with Crippen molar-refractivity contribution in [2.75, 3.05) is 45.9 Å². The molecule has 164 valence electrons. The van der Waals surface area contributed by atoms with Crippen LogP contribution in [0.5, 0.6) is 11.5 Å². The molecule has 0 bridgehead atoms. The summed E-state index contributed by atoms with van der Waals surface area (Å²) in [4.78, 5) is 27.9. The standard InChI is InChI=1S/C21H27F2N3O4/c1-3-9-24-19(27)15-25-10-12-26(13-11-25)20(28)8-6-16-5-7-17(30-21(22)23)18(14-16)29-4-2/h3,5-8,14,21H,1,4,9-13,15H2,2H3,(H,24,27). The van der Waals surface area contributed by atoms with E-state index in [1.165, 1.54) is 12.1 Å². The van der Waals surface area contributed by atoms with E-state index in [0.29, 0.717) is 51.4 Å². The molecule has 0 radical (unpaired) electrons. The third-order valence-corrected chi connectivity index (χ3v) is 4.40. The zero-order chi connectivity index (χ0) is 21.9. The van der Waals surface area contributed by atoms with Crippen molar-refractivity contribution in [3.63, 3.8) is 0 Å². The van der Waals surface area contributed by atoms with Crippen LogP contribution in [0.25, 0.3) is 6.08 Å². The van der Waals surface area contributed by atoms with E-state index in [9.17, 15) is 18.4 Å². The Morgan fingerprint density at radius 3 is 2.60 bits per heavy atom. The zero-order valence-electron chi connectivity index (χ0n) is 17.0. The van der Waals surface area contributed by atoms with Gasteiger partial charge in [0.2, 0.25) is 11.8 Å². The van der Waals surface area contributed by atoms with Gasteiger partial charge in [0.15, 0.2) is 11.5 Å². The van der Waals surface area contributed by atoms with Gasteiger partial charge in [0, 0.05) is 38.8 Å². The summed E-state index contributed by atoms with van der Waals surface area (Å²) in [5.74, 6) is -0.0881. The number of rotatable bonds is 10. The van der Waals surface area contributed by atoms with Crippen molar-refractivity contribution < 1.29 is 27.8 Å². The van der Waals surface area contributed by atoms with Gasteiger partial charge in [-0.05, 0) is 30.7 Å². The average molecular weight is 423 g/mol. The first-order valence-electron chi connectivity index (χ1n) is 9.71. The van der Waals surface area contributed by atoms with Crippen LogP contribution in [0.1, 0.15) is 12.5 Å². The van der Waals surface area contributed by atoms with Crippen LogP contribution >= 0.6 is 0 Å². The molecule has 0 spiro atoms. The SMILES string of the molecule is C=CCNC(=O)CN1CCN(C(=O)C=Cc2ccc(OC(F)F)c(OCC)c2)CC1. The molecule has 1 fully saturated rings. The molecule has 1 heterocycles. The van der Waals surface area contributed by atoms with Gasteiger partial charge in [-0.25, -0.2) is 0 Å². The van der Waals surface area contributed by atoms with Crippen LogP contribution < -0.4 is 14.8 Å². The maximum Gasteiger partial charge on any atom is 0.387 e. The second-order valence-corrected chi connectivity index (χ2v) is 6.55. The third-order valence-electron chi connectivity index (χ3n) is 4.40. The largest absolute Gasteiger partial charge is 0.490 e. The summed E-state index contributed by atoms with van der Waals surface area (Å²) in [6.45, 7) is 5.61. The minimum atomic E-state index is -2.95. The summed E-state index contributed by atoms with van der Waals surface area (Å²) >= 11 is 0. The van der Waals surface area contributed by atoms with Gasteiger partial charge in [-0.15, -0.1) is 6.58 Å². The number of nitrogens with one attached hydrogen (secondary N) is 1. The van der Waals surface area contributed by atoms with Crippen molar-refractivity contribution in [2.24, 2.45) is 0 Å². The lowest BCUT2D eigenvalue weighted by Gasteiger charge is -2.33. The third kappa shape index (κ3) is 7.47. The summed E-state index contributed by atoms with van der Waals surface area (Å²) in [7, 11) is 0. The molecular weight excluding hydrogens is 396 g/mol. The van der Waals surface area contributed by atoms with Gasteiger partial charge in [-0.2, -0.15) is 8.78 Å². The monoisotopic (exact) mass is 423 g/mol. The lowest BCUT2D eigenvalue weighted by Crippen LogP contribution is -2.50. The minimum absolute atomic E-state index is 0.0522. The molecule has 1 saturated heterocycles. The number of halogens is 2. The predicted octanol–water partition coefficient (Wildman–Crippen LogP) is 2.15. The van der Waals surface area contributed by atoms with E-state index in [0.717, 1.165) is 0 Å². The smallest absolute Gasteiger partial charge is 0.387 e. The molecule has 1 aromatic rings. The molecule has 1 aromatic carbocycles. The molecule has 1 aliphatic heterocycles. The van der Waals surface area contributed by atoms with E-state index >= 15 is 0 Å². The molecule has 30 heavy (non-hydrogen) atoms. The maximum absolute atomic E-state index is 12.5. The quantitative estimate of drug-likeness (QED) is 0.461. The number of alkyl halides is 2. The average Bonchev–Trinajstić information content (AvgIpc) is 2.72. The molecule has 2 amide bonds. The Morgan fingerprint density at radius 2 is 1.97 bits per heavy atom. The van der Waals surface area contributed by atoms with Crippen LogP contribution in [-0.2, 0) is 9.59 Å². The highest BCUT2D eigenvalue weighted by molar-refractivity contribution is 5.92. The van der Waals surface area contributed by atoms with E-state index < -0.39 is 6.61 Å². The first kappa shape index (κ1) is 23.3. The minimum Gasteiger partial charge on any atom is -0.490 e. The highest BCUT2D eigenvalue weighted by atomic mass is 19.3. The van der Waals surface area contributed by atoms with E-state index in [1.54, 1.807) is 36.1 Å². The molecule has 0 aliphatic carbocycles. The van der Waals surface area contributed by atoms with Gasteiger partial charge in [0.05, 0.1) is 13.2 Å².